The number of aliphatic carboxylic acids is 1. The second-order valence-corrected chi connectivity index (χ2v) is 5.00. The van der Waals surface area contributed by atoms with E-state index in [0.717, 1.165) is 5.69 Å². The second kappa shape index (κ2) is 5.89. The van der Waals surface area contributed by atoms with Crippen LogP contribution in [-0.2, 0) is 4.79 Å². The highest BCUT2D eigenvalue weighted by Gasteiger charge is 2.34. The topological polar surface area (TPSA) is 49.3 Å². The summed E-state index contributed by atoms with van der Waals surface area (Å²) in [5.74, 6) is -0.350. The Hall–Kier alpha value is -1.51. The first-order chi connectivity index (χ1) is 8.45. The van der Waals surface area contributed by atoms with Crippen LogP contribution in [0.2, 0.25) is 0 Å². The largest absolute Gasteiger partial charge is 0.480 e. The van der Waals surface area contributed by atoms with Gasteiger partial charge in [0.15, 0.2) is 0 Å². The standard InChI is InChI=1S/C15H23NO2/c1-5-15(6-2,14(17)18)16-13-9-7-8-12(10-13)11(3)4/h7-11,16H,5-6H2,1-4H3,(H,17,18). The summed E-state index contributed by atoms with van der Waals surface area (Å²) in [5, 5.41) is 12.6. The van der Waals surface area contributed by atoms with Gasteiger partial charge in [0.05, 0.1) is 0 Å². The first-order valence-corrected chi connectivity index (χ1v) is 6.56. The molecule has 0 aliphatic rings. The van der Waals surface area contributed by atoms with E-state index in [9.17, 15) is 9.90 Å². The first kappa shape index (κ1) is 14.6. The van der Waals surface area contributed by atoms with Crippen LogP contribution in [0.25, 0.3) is 0 Å². The van der Waals surface area contributed by atoms with Crippen LogP contribution in [0.5, 0.6) is 0 Å². The van der Waals surface area contributed by atoms with E-state index in [0.29, 0.717) is 18.8 Å². The number of carboxylic acid groups (broad SMARTS) is 1. The zero-order chi connectivity index (χ0) is 13.8. The van der Waals surface area contributed by atoms with Gasteiger partial charge in [-0.25, -0.2) is 4.79 Å². The number of benzene rings is 1. The molecule has 0 spiro atoms. The molecule has 18 heavy (non-hydrogen) atoms. The van der Waals surface area contributed by atoms with Gasteiger partial charge in [0.25, 0.3) is 0 Å². The Morgan fingerprint density at radius 2 is 1.94 bits per heavy atom. The van der Waals surface area contributed by atoms with Crippen molar-refractivity contribution in [1.29, 1.82) is 0 Å². The molecule has 0 atom stereocenters. The van der Waals surface area contributed by atoms with Crippen LogP contribution in [0.4, 0.5) is 5.69 Å². The molecule has 100 valence electrons. The maximum Gasteiger partial charge on any atom is 0.329 e. The van der Waals surface area contributed by atoms with Crippen LogP contribution in [0.1, 0.15) is 52.0 Å². The van der Waals surface area contributed by atoms with Crippen molar-refractivity contribution in [2.45, 2.75) is 52.0 Å². The van der Waals surface area contributed by atoms with Crippen molar-refractivity contribution in [1.82, 2.24) is 0 Å². The van der Waals surface area contributed by atoms with Crippen LogP contribution < -0.4 is 5.32 Å². The molecule has 0 aromatic heterocycles. The van der Waals surface area contributed by atoms with Crippen molar-refractivity contribution < 1.29 is 9.90 Å². The molecule has 0 amide bonds. The maximum atomic E-state index is 11.4. The smallest absolute Gasteiger partial charge is 0.329 e. The van der Waals surface area contributed by atoms with Crippen molar-refractivity contribution in [2.75, 3.05) is 5.32 Å². The molecule has 0 heterocycles. The fraction of sp³-hybridized carbons (Fsp3) is 0.533. The van der Waals surface area contributed by atoms with Gasteiger partial charge in [-0.1, -0.05) is 39.8 Å². The highest BCUT2D eigenvalue weighted by Crippen LogP contribution is 2.25. The highest BCUT2D eigenvalue weighted by molar-refractivity contribution is 5.82. The fourth-order valence-corrected chi connectivity index (χ4v) is 2.03. The number of hydrogen-bond donors (Lipinski definition) is 2. The minimum Gasteiger partial charge on any atom is -0.480 e. The first-order valence-electron chi connectivity index (χ1n) is 6.56. The van der Waals surface area contributed by atoms with Gasteiger partial charge in [0, 0.05) is 5.69 Å². The molecule has 1 rings (SSSR count). The molecule has 0 saturated heterocycles. The molecular weight excluding hydrogens is 226 g/mol. The van der Waals surface area contributed by atoms with Crippen LogP contribution in [0.3, 0.4) is 0 Å². The summed E-state index contributed by atoms with van der Waals surface area (Å²) in [6.45, 7) is 8.06. The Morgan fingerprint density at radius 3 is 2.39 bits per heavy atom. The van der Waals surface area contributed by atoms with Gasteiger partial charge >= 0.3 is 5.97 Å². The third-order valence-electron chi connectivity index (χ3n) is 3.55. The monoisotopic (exact) mass is 249 g/mol. The van der Waals surface area contributed by atoms with Crippen LogP contribution in [0, 0.1) is 0 Å². The van der Waals surface area contributed by atoms with Gasteiger partial charge in [-0.2, -0.15) is 0 Å². The summed E-state index contributed by atoms with van der Waals surface area (Å²) in [5.41, 5.74) is 1.23. The number of nitrogens with one attached hydrogen (secondary N) is 1. The Morgan fingerprint density at radius 1 is 1.33 bits per heavy atom. The molecule has 0 saturated carbocycles. The molecule has 0 bridgehead atoms. The molecule has 0 aliphatic heterocycles. The molecular formula is C15H23NO2. The van der Waals surface area contributed by atoms with Crippen LogP contribution in [-0.4, -0.2) is 16.6 Å². The summed E-state index contributed by atoms with van der Waals surface area (Å²) in [6, 6.07) is 7.99. The predicted molar refractivity (Wildman–Crippen MR) is 75.1 cm³/mol. The minimum absolute atomic E-state index is 0.439. The minimum atomic E-state index is -0.865. The second-order valence-electron chi connectivity index (χ2n) is 5.00. The normalized spacial score (nSPS) is 11.6. The van der Waals surface area contributed by atoms with Crippen LogP contribution in [0.15, 0.2) is 24.3 Å². The fourth-order valence-electron chi connectivity index (χ4n) is 2.03. The van der Waals surface area contributed by atoms with Gasteiger partial charge in [-0.3, -0.25) is 0 Å². The van der Waals surface area contributed by atoms with E-state index >= 15 is 0 Å². The molecule has 2 N–H and O–H groups in total. The summed E-state index contributed by atoms with van der Waals surface area (Å²) < 4.78 is 0. The summed E-state index contributed by atoms with van der Waals surface area (Å²) in [7, 11) is 0. The van der Waals surface area contributed by atoms with E-state index in [1.165, 1.54) is 5.56 Å². The van der Waals surface area contributed by atoms with E-state index in [4.69, 9.17) is 0 Å². The van der Waals surface area contributed by atoms with Gasteiger partial charge in [-0.15, -0.1) is 0 Å². The number of anilines is 1. The number of carbonyl (C=O) groups is 1. The quantitative estimate of drug-likeness (QED) is 0.804. The Kier molecular flexibility index (Phi) is 4.76. The Balaban J connectivity index is 3.01. The van der Waals surface area contributed by atoms with Gasteiger partial charge in [0.1, 0.15) is 5.54 Å². The van der Waals surface area contributed by atoms with Crippen molar-refractivity contribution in [3.05, 3.63) is 29.8 Å². The van der Waals surface area contributed by atoms with E-state index in [1.807, 2.05) is 32.0 Å². The van der Waals surface area contributed by atoms with E-state index in [2.05, 4.69) is 25.2 Å². The zero-order valence-electron chi connectivity index (χ0n) is 11.7. The Labute approximate surface area is 109 Å². The highest BCUT2D eigenvalue weighted by atomic mass is 16.4. The van der Waals surface area contributed by atoms with Crippen LogP contribution >= 0.6 is 0 Å². The lowest BCUT2D eigenvalue weighted by atomic mass is 9.92. The van der Waals surface area contributed by atoms with Crippen molar-refractivity contribution in [3.8, 4) is 0 Å². The molecule has 0 radical (unpaired) electrons. The maximum absolute atomic E-state index is 11.4. The van der Waals surface area contributed by atoms with Crippen molar-refractivity contribution in [3.63, 3.8) is 0 Å². The van der Waals surface area contributed by atoms with E-state index < -0.39 is 11.5 Å². The molecule has 1 aromatic carbocycles. The predicted octanol–water partition coefficient (Wildman–Crippen LogP) is 3.87. The lowest BCUT2D eigenvalue weighted by molar-refractivity contribution is -0.142. The Bertz CT molecular complexity index is 409. The number of hydrogen-bond acceptors (Lipinski definition) is 2. The summed E-state index contributed by atoms with van der Waals surface area (Å²) in [4.78, 5) is 11.4. The third-order valence-corrected chi connectivity index (χ3v) is 3.55. The molecule has 0 unspecified atom stereocenters. The zero-order valence-corrected chi connectivity index (χ0v) is 11.7. The van der Waals surface area contributed by atoms with E-state index in [-0.39, 0.29) is 0 Å². The lowest BCUT2D eigenvalue weighted by Gasteiger charge is -2.29. The molecule has 0 aliphatic carbocycles. The average molecular weight is 249 g/mol. The molecule has 3 heteroatoms. The summed E-state index contributed by atoms with van der Waals surface area (Å²) in [6.07, 6.45) is 1.12. The number of carboxylic acids is 1. The van der Waals surface area contributed by atoms with Gasteiger partial charge in [-0.05, 0) is 36.5 Å². The van der Waals surface area contributed by atoms with Crippen molar-refractivity contribution >= 4 is 11.7 Å². The van der Waals surface area contributed by atoms with Crippen molar-refractivity contribution in [2.24, 2.45) is 0 Å². The average Bonchev–Trinajstić information content (AvgIpc) is 2.36. The molecule has 0 fully saturated rings. The van der Waals surface area contributed by atoms with Gasteiger partial charge in [0.2, 0.25) is 0 Å². The third kappa shape index (κ3) is 3.03. The lowest BCUT2D eigenvalue weighted by Crippen LogP contribution is -2.45. The molecule has 3 nitrogen and oxygen atoms in total. The SMILES string of the molecule is CCC(CC)(Nc1cccc(C(C)C)c1)C(=O)O. The number of rotatable bonds is 6. The van der Waals surface area contributed by atoms with Gasteiger partial charge < -0.3 is 10.4 Å². The van der Waals surface area contributed by atoms with E-state index in [1.54, 1.807) is 0 Å². The summed E-state index contributed by atoms with van der Waals surface area (Å²) >= 11 is 0. The molecule has 1 aromatic rings.